The van der Waals surface area contributed by atoms with Crippen molar-refractivity contribution in [2.24, 2.45) is 0 Å². The molecule has 0 bridgehead atoms. The third-order valence-corrected chi connectivity index (χ3v) is 4.21. The maximum absolute atomic E-state index is 12.2. The lowest BCUT2D eigenvalue weighted by Gasteiger charge is -2.06. The average molecular weight is 341 g/mol. The smallest absolute Gasteiger partial charge is 0.270 e. The minimum absolute atomic E-state index is 0.194. The van der Waals surface area contributed by atoms with Crippen molar-refractivity contribution < 1.29 is 9.59 Å². The van der Waals surface area contributed by atoms with Crippen LogP contribution in [-0.2, 0) is 6.54 Å². The van der Waals surface area contributed by atoms with Crippen LogP contribution in [0.15, 0.2) is 36.4 Å². The zero-order valence-corrected chi connectivity index (χ0v) is 13.7. The highest BCUT2D eigenvalue weighted by Gasteiger charge is 2.11. The van der Waals surface area contributed by atoms with Crippen LogP contribution in [-0.4, -0.2) is 28.8 Å². The molecular weight excluding hydrogens is 326 g/mol. The summed E-state index contributed by atoms with van der Waals surface area (Å²) >= 11 is 1.40. The molecule has 4 N–H and O–H groups in total. The first-order chi connectivity index (χ1) is 11.6. The molecule has 8 heteroatoms. The van der Waals surface area contributed by atoms with Crippen molar-refractivity contribution in [2.45, 2.75) is 6.54 Å². The summed E-state index contributed by atoms with van der Waals surface area (Å²) in [5.74, 6) is -0.678. The number of amides is 2. The molecule has 24 heavy (non-hydrogen) atoms. The molecule has 0 unspecified atom stereocenters. The summed E-state index contributed by atoms with van der Waals surface area (Å²) in [7, 11) is 1.51. The van der Waals surface area contributed by atoms with E-state index in [-0.39, 0.29) is 23.2 Å². The van der Waals surface area contributed by atoms with E-state index < -0.39 is 0 Å². The van der Waals surface area contributed by atoms with Crippen molar-refractivity contribution in [3.63, 3.8) is 0 Å². The van der Waals surface area contributed by atoms with Crippen LogP contribution in [0.2, 0.25) is 0 Å². The van der Waals surface area contributed by atoms with Gasteiger partial charge in [-0.1, -0.05) is 23.5 Å². The molecule has 7 nitrogen and oxygen atoms in total. The molecule has 0 fully saturated rings. The molecule has 2 aromatic heterocycles. The van der Waals surface area contributed by atoms with E-state index in [9.17, 15) is 9.59 Å². The van der Waals surface area contributed by atoms with Gasteiger partial charge in [0.15, 0.2) is 5.13 Å². The number of fused-ring (bicyclic) bond motifs is 1. The Labute approximate surface area is 141 Å². The molecule has 0 aliphatic heterocycles. The lowest BCUT2D eigenvalue weighted by Crippen LogP contribution is -2.25. The van der Waals surface area contributed by atoms with Crippen molar-refractivity contribution in [1.82, 2.24) is 20.6 Å². The fraction of sp³-hybridized carbons (Fsp3) is 0.125. The quantitative estimate of drug-likeness (QED) is 0.667. The van der Waals surface area contributed by atoms with Crippen LogP contribution in [0, 0.1) is 0 Å². The first-order valence-corrected chi connectivity index (χ1v) is 8.01. The molecule has 1 aromatic carbocycles. The third-order valence-electron chi connectivity index (χ3n) is 3.36. The number of carbonyl (C=O) groups excluding carboxylic acids is 2. The van der Waals surface area contributed by atoms with Gasteiger partial charge in [0.1, 0.15) is 11.4 Å². The van der Waals surface area contributed by atoms with Crippen LogP contribution in [0.1, 0.15) is 26.5 Å². The number of pyridine rings is 1. The van der Waals surface area contributed by atoms with Gasteiger partial charge in [0.05, 0.1) is 10.2 Å². The Morgan fingerprint density at radius 1 is 1.12 bits per heavy atom. The molecule has 0 atom stereocenters. The van der Waals surface area contributed by atoms with Crippen LogP contribution in [0.5, 0.6) is 0 Å². The van der Waals surface area contributed by atoms with Crippen LogP contribution in [0.3, 0.4) is 0 Å². The number of nitrogen functional groups attached to an aromatic ring is 1. The van der Waals surface area contributed by atoms with E-state index in [0.29, 0.717) is 11.7 Å². The molecule has 0 radical (unpaired) electrons. The zero-order chi connectivity index (χ0) is 17.1. The van der Waals surface area contributed by atoms with Gasteiger partial charge in [-0.2, -0.15) is 0 Å². The number of carbonyl (C=O) groups is 2. The van der Waals surface area contributed by atoms with Crippen LogP contribution >= 0.6 is 11.3 Å². The van der Waals surface area contributed by atoms with Crippen molar-refractivity contribution in [1.29, 1.82) is 0 Å². The van der Waals surface area contributed by atoms with Gasteiger partial charge in [-0.3, -0.25) is 9.59 Å². The summed E-state index contributed by atoms with van der Waals surface area (Å²) in [6.45, 7) is 0.346. The predicted molar refractivity (Wildman–Crippen MR) is 92.8 cm³/mol. The number of hydrogen-bond donors (Lipinski definition) is 3. The van der Waals surface area contributed by atoms with Gasteiger partial charge in [-0.15, -0.1) is 0 Å². The first-order valence-electron chi connectivity index (χ1n) is 7.19. The molecular formula is C16H15N5O2S. The molecule has 0 saturated heterocycles. The minimum Gasteiger partial charge on any atom is -0.375 e. The van der Waals surface area contributed by atoms with Crippen molar-refractivity contribution >= 4 is 38.5 Å². The molecule has 2 heterocycles. The molecule has 3 aromatic rings. The molecule has 2 amide bonds. The van der Waals surface area contributed by atoms with Crippen LogP contribution < -0.4 is 16.4 Å². The molecule has 0 saturated carbocycles. The Balaban J connectivity index is 1.71. The number of nitrogens with zero attached hydrogens (tertiary/aromatic N) is 2. The number of anilines is 1. The van der Waals surface area contributed by atoms with E-state index >= 15 is 0 Å². The number of nitrogens with two attached hydrogens (primary N) is 1. The fourth-order valence-corrected chi connectivity index (χ4v) is 2.98. The van der Waals surface area contributed by atoms with Gasteiger partial charge in [0, 0.05) is 13.6 Å². The normalized spacial score (nSPS) is 10.5. The van der Waals surface area contributed by atoms with E-state index in [1.54, 1.807) is 18.2 Å². The number of hydrogen-bond acceptors (Lipinski definition) is 6. The van der Waals surface area contributed by atoms with Gasteiger partial charge < -0.3 is 16.4 Å². The minimum atomic E-state index is -0.343. The largest absolute Gasteiger partial charge is 0.375 e. The molecule has 3 rings (SSSR count). The summed E-state index contributed by atoms with van der Waals surface area (Å²) in [4.78, 5) is 32.0. The number of nitrogens with one attached hydrogen (secondary N) is 2. The Kier molecular flexibility index (Phi) is 4.39. The first kappa shape index (κ1) is 15.9. The van der Waals surface area contributed by atoms with Crippen molar-refractivity contribution in [2.75, 3.05) is 12.8 Å². The van der Waals surface area contributed by atoms with Gasteiger partial charge in [-0.25, -0.2) is 9.97 Å². The summed E-state index contributed by atoms with van der Waals surface area (Å²) in [6, 6.07) is 10.4. The Morgan fingerprint density at radius 2 is 1.88 bits per heavy atom. The average Bonchev–Trinajstić information content (AvgIpc) is 2.98. The summed E-state index contributed by atoms with van der Waals surface area (Å²) in [6.07, 6.45) is 0. The predicted octanol–water partition coefficient (Wildman–Crippen LogP) is 1.56. The lowest BCUT2D eigenvalue weighted by molar-refractivity contribution is 0.0944. The fourth-order valence-electron chi connectivity index (χ4n) is 2.19. The summed E-state index contributed by atoms with van der Waals surface area (Å²) in [5.41, 5.74) is 7.85. The second kappa shape index (κ2) is 6.63. The second-order valence-electron chi connectivity index (χ2n) is 5.02. The number of thiazole rings is 1. The third kappa shape index (κ3) is 3.33. The Bertz CT molecular complexity index is 922. The maximum Gasteiger partial charge on any atom is 0.270 e. The topological polar surface area (TPSA) is 110 Å². The van der Waals surface area contributed by atoms with Gasteiger partial charge in [-0.05, 0) is 29.8 Å². The molecule has 0 aliphatic rings. The number of benzene rings is 1. The summed E-state index contributed by atoms with van der Waals surface area (Å²) < 4.78 is 0.971. The number of aromatic nitrogens is 2. The van der Waals surface area contributed by atoms with E-state index in [0.717, 1.165) is 15.8 Å². The highest BCUT2D eigenvalue weighted by Crippen LogP contribution is 2.24. The number of rotatable bonds is 4. The van der Waals surface area contributed by atoms with Crippen molar-refractivity contribution in [3.8, 4) is 0 Å². The van der Waals surface area contributed by atoms with E-state index in [1.165, 1.54) is 18.4 Å². The van der Waals surface area contributed by atoms with E-state index in [4.69, 9.17) is 5.73 Å². The maximum atomic E-state index is 12.2. The van der Waals surface area contributed by atoms with Gasteiger partial charge in [0.25, 0.3) is 11.8 Å². The van der Waals surface area contributed by atoms with E-state index in [1.807, 2.05) is 18.2 Å². The Morgan fingerprint density at radius 3 is 2.62 bits per heavy atom. The van der Waals surface area contributed by atoms with Crippen molar-refractivity contribution in [3.05, 3.63) is 53.3 Å². The van der Waals surface area contributed by atoms with Crippen LogP contribution in [0.4, 0.5) is 5.13 Å². The Hall–Kier alpha value is -3.00. The monoisotopic (exact) mass is 341 g/mol. The lowest BCUT2D eigenvalue weighted by atomic mass is 10.2. The highest BCUT2D eigenvalue weighted by molar-refractivity contribution is 7.22. The van der Waals surface area contributed by atoms with Gasteiger partial charge >= 0.3 is 0 Å². The van der Waals surface area contributed by atoms with Gasteiger partial charge in [0.2, 0.25) is 0 Å². The van der Waals surface area contributed by atoms with Crippen LogP contribution in [0.25, 0.3) is 10.2 Å². The zero-order valence-electron chi connectivity index (χ0n) is 12.9. The second-order valence-corrected chi connectivity index (χ2v) is 6.09. The summed E-state index contributed by atoms with van der Waals surface area (Å²) in [5, 5.41) is 5.78. The SMILES string of the molecule is CNC(=O)c1cccc(C(=O)NCc2ccc3nc(N)sc3c2)n1. The molecule has 0 spiro atoms. The molecule has 0 aliphatic carbocycles. The molecule has 122 valence electrons. The van der Waals surface area contributed by atoms with E-state index in [2.05, 4.69) is 20.6 Å². The standard InChI is InChI=1S/C16H15N5O2S/c1-18-14(22)11-3-2-4-12(20-11)15(23)19-8-9-5-6-10-13(7-9)24-16(17)21-10/h2-7H,8H2,1H3,(H2,17,21)(H,18,22)(H,19,23). The highest BCUT2D eigenvalue weighted by atomic mass is 32.1.